The van der Waals surface area contributed by atoms with E-state index in [1.165, 1.54) is 6.42 Å². The molecule has 2 bridgehead atoms. The molecule has 6 atom stereocenters. The summed E-state index contributed by atoms with van der Waals surface area (Å²) in [5.41, 5.74) is 7.34. The van der Waals surface area contributed by atoms with E-state index in [0.29, 0.717) is 29.6 Å². The topological polar surface area (TPSA) is 73.6 Å². The molecule has 6 heteroatoms. The Labute approximate surface area is 181 Å². The van der Waals surface area contributed by atoms with Crippen molar-refractivity contribution in [3.8, 4) is 0 Å². The number of amides is 1. The van der Waals surface area contributed by atoms with Crippen molar-refractivity contribution >= 4 is 13.0 Å². The van der Waals surface area contributed by atoms with E-state index < -0.39 is 13.2 Å². The molecule has 4 fully saturated rings. The predicted molar refractivity (Wildman–Crippen MR) is 120 cm³/mol. The summed E-state index contributed by atoms with van der Waals surface area (Å²) in [6, 6.07) is 9.32. The summed E-state index contributed by atoms with van der Waals surface area (Å²) in [5.74, 6) is 1.30. The van der Waals surface area contributed by atoms with Crippen LogP contribution in [-0.4, -0.2) is 36.7 Å². The van der Waals surface area contributed by atoms with Crippen LogP contribution in [0, 0.1) is 23.2 Å². The first kappa shape index (κ1) is 21.9. The lowest BCUT2D eigenvalue weighted by molar-refractivity contribution is -0.199. The van der Waals surface area contributed by atoms with Gasteiger partial charge < -0.3 is 20.4 Å². The molecule has 1 heterocycles. The van der Waals surface area contributed by atoms with E-state index in [2.05, 4.69) is 39.9 Å². The number of hydrogen-bond donors (Lipinski definition) is 2. The van der Waals surface area contributed by atoms with E-state index in [9.17, 15) is 4.79 Å². The number of benzene rings is 1. The van der Waals surface area contributed by atoms with Crippen LogP contribution in [0.5, 0.6) is 0 Å². The number of rotatable bonds is 7. The Morgan fingerprint density at radius 1 is 1.23 bits per heavy atom. The molecule has 3 N–H and O–H groups in total. The minimum atomic E-state index is -0.590. The SMILES string of the molecule is CC(C)CC(NC(=O)[C@@H](N)Cc1ccccc1)B1O[C@@H]2C[C@@H]3C[C@@H](C3(C)C)[C@]2(C)O1. The van der Waals surface area contributed by atoms with Crippen molar-refractivity contribution < 1.29 is 14.1 Å². The monoisotopic (exact) mass is 412 g/mol. The van der Waals surface area contributed by atoms with E-state index >= 15 is 0 Å². The van der Waals surface area contributed by atoms with Crippen LogP contribution < -0.4 is 11.1 Å². The molecule has 5 rings (SSSR count). The molecule has 1 aromatic carbocycles. The molecule has 1 saturated heterocycles. The summed E-state index contributed by atoms with van der Waals surface area (Å²) in [5, 5.41) is 3.17. The van der Waals surface area contributed by atoms with Crippen molar-refractivity contribution in [1.82, 2.24) is 5.32 Å². The number of carbonyl (C=O) groups is 1. The zero-order valence-corrected chi connectivity index (χ0v) is 19.1. The molecule has 1 amide bonds. The number of nitrogens with one attached hydrogen (secondary N) is 1. The van der Waals surface area contributed by atoms with Crippen molar-refractivity contribution in [2.45, 2.75) is 84.0 Å². The van der Waals surface area contributed by atoms with Gasteiger partial charge in [-0.1, -0.05) is 58.0 Å². The third-order valence-corrected chi connectivity index (χ3v) is 7.99. The molecular weight excluding hydrogens is 375 g/mol. The van der Waals surface area contributed by atoms with Gasteiger partial charge in [-0.05, 0) is 61.3 Å². The van der Waals surface area contributed by atoms with Gasteiger partial charge in [-0.25, -0.2) is 0 Å². The van der Waals surface area contributed by atoms with E-state index in [1.807, 2.05) is 30.3 Å². The van der Waals surface area contributed by atoms with Crippen LogP contribution in [0.4, 0.5) is 0 Å². The van der Waals surface area contributed by atoms with Gasteiger partial charge in [0.15, 0.2) is 0 Å². The van der Waals surface area contributed by atoms with E-state index in [0.717, 1.165) is 18.4 Å². The van der Waals surface area contributed by atoms with Crippen LogP contribution >= 0.6 is 0 Å². The second-order valence-corrected chi connectivity index (χ2v) is 10.9. The second kappa shape index (κ2) is 7.96. The fourth-order valence-corrected chi connectivity index (χ4v) is 6.07. The Morgan fingerprint density at radius 2 is 1.93 bits per heavy atom. The lowest BCUT2D eigenvalue weighted by Crippen LogP contribution is -2.65. The van der Waals surface area contributed by atoms with Gasteiger partial charge in [0, 0.05) is 0 Å². The van der Waals surface area contributed by atoms with Crippen molar-refractivity contribution in [2.75, 3.05) is 0 Å². The standard InChI is InChI=1S/C24H37BN2O3/c1-15(2)11-21(27-22(28)18(26)12-16-9-7-6-8-10-16)25-29-20-14-17-13-19(23(17,3)4)24(20,5)30-25/h6-10,15,17-21H,11-14,26H2,1-5H3,(H,27,28)/t17-,18-,19-,20+,21?,24-/m0/s1. The first-order valence-corrected chi connectivity index (χ1v) is 11.5. The predicted octanol–water partition coefficient (Wildman–Crippen LogP) is 3.35. The molecular formula is C24H37BN2O3. The second-order valence-electron chi connectivity index (χ2n) is 10.9. The number of carbonyl (C=O) groups excluding carboxylic acids is 1. The van der Waals surface area contributed by atoms with Crippen LogP contribution in [0.25, 0.3) is 0 Å². The minimum Gasteiger partial charge on any atom is -0.404 e. The Hall–Kier alpha value is -1.37. The summed E-state index contributed by atoms with van der Waals surface area (Å²) in [6.07, 6.45) is 3.70. The summed E-state index contributed by atoms with van der Waals surface area (Å²) in [6.45, 7) is 11.3. The number of hydrogen-bond acceptors (Lipinski definition) is 4. The van der Waals surface area contributed by atoms with Crippen molar-refractivity contribution in [3.63, 3.8) is 0 Å². The molecule has 1 aromatic rings. The average molecular weight is 412 g/mol. The quantitative estimate of drug-likeness (QED) is 0.674. The fourth-order valence-electron chi connectivity index (χ4n) is 6.07. The molecule has 3 aliphatic carbocycles. The Bertz CT molecular complexity index is 771. The smallest absolute Gasteiger partial charge is 0.404 e. The van der Waals surface area contributed by atoms with Gasteiger partial charge >= 0.3 is 7.12 Å². The maximum absolute atomic E-state index is 12.9. The average Bonchev–Trinajstić information content (AvgIpc) is 3.04. The van der Waals surface area contributed by atoms with Gasteiger partial charge in [0.1, 0.15) is 0 Å². The summed E-state index contributed by atoms with van der Waals surface area (Å²) in [7, 11) is -0.412. The Balaban J connectivity index is 1.44. The molecule has 3 saturated carbocycles. The molecule has 0 aromatic heterocycles. The Morgan fingerprint density at radius 3 is 2.57 bits per heavy atom. The lowest BCUT2D eigenvalue weighted by atomic mass is 9.43. The highest BCUT2D eigenvalue weighted by Gasteiger charge is 2.68. The van der Waals surface area contributed by atoms with Gasteiger partial charge in [0.25, 0.3) is 0 Å². The van der Waals surface area contributed by atoms with E-state index in [1.54, 1.807) is 0 Å². The highest BCUT2D eigenvalue weighted by atomic mass is 16.7. The molecule has 164 valence electrons. The molecule has 4 aliphatic rings. The summed E-state index contributed by atoms with van der Waals surface area (Å²) in [4.78, 5) is 12.9. The molecule has 5 nitrogen and oxygen atoms in total. The van der Waals surface area contributed by atoms with Crippen LogP contribution in [0.2, 0.25) is 0 Å². The molecule has 30 heavy (non-hydrogen) atoms. The maximum Gasteiger partial charge on any atom is 0.481 e. The number of nitrogens with two attached hydrogens (primary N) is 1. The van der Waals surface area contributed by atoms with Crippen LogP contribution in [0.1, 0.15) is 59.4 Å². The zero-order chi connectivity index (χ0) is 21.7. The molecule has 0 radical (unpaired) electrons. The molecule has 1 aliphatic heterocycles. The van der Waals surface area contributed by atoms with Crippen molar-refractivity contribution in [1.29, 1.82) is 0 Å². The summed E-state index contributed by atoms with van der Waals surface area (Å²) < 4.78 is 13.1. The highest BCUT2D eigenvalue weighted by molar-refractivity contribution is 6.47. The molecule has 1 unspecified atom stereocenters. The highest BCUT2D eigenvalue weighted by Crippen LogP contribution is 2.65. The van der Waals surface area contributed by atoms with Gasteiger partial charge in [0.2, 0.25) is 5.91 Å². The first-order valence-electron chi connectivity index (χ1n) is 11.5. The molecule has 0 spiro atoms. The third kappa shape index (κ3) is 3.83. The van der Waals surface area contributed by atoms with E-state index in [-0.39, 0.29) is 23.6 Å². The van der Waals surface area contributed by atoms with Crippen molar-refractivity contribution in [3.05, 3.63) is 35.9 Å². The fraction of sp³-hybridized carbons (Fsp3) is 0.708. The maximum atomic E-state index is 12.9. The minimum absolute atomic E-state index is 0.115. The zero-order valence-electron chi connectivity index (χ0n) is 19.1. The van der Waals surface area contributed by atoms with E-state index in [4.69, 9.17) is 15.0 Å². The van der Waals surface area contributed by atoms with Crippen LogP contribution in [0.15, 0.2) is 30.3 Å². The van der Waals surface area contributed by atoms with Gasteiger partial charge in [-0.2, -0.15) is 0 Å². The summed E-state index contributed by atoms with van der Waals surface area (Å²) >= 11 is 0. The lowest BCUT2D eigenvalue weighted by Gasteiger charge is -2.64. The largest absolute Gasteiger partial charge is 0.481 e. The first-order chi connectivity index (χ1) is 14.1. The van der Waals surface area contributed by atoms with Gasteiger partial charge in [-0.3, -0.25) is 4.79 Å². The van der Waals surface area contributed by atoms with Gasteiger partial charge in [0.05, 0.1) is 23.7 Å². The third-order valence-electron chi connectivity index (χ3n) is 7.99. The van der Waals surface area contributed by atoms with Gasteiger partial charge in [-0.15, -0.1) is 0 Å². The van der Waals surface area contributed by atoms with Crippen LogP contribution in [0.3, 0.4) is 0 Å². The van der Waals surface area contributed by atoms with Crippen molar-refractivity contribution in [2.24, 2.45) is 28.9 Å². The normalized spacial score (nSPS) is 33.6. The Kier molecular flexibility index (Phi) is 5.80. The van der Waals surface area contributed by atoms with Crippen LogP contribution in [-0.2, 0) is 20.5 Å².